The van der Waals surface area contributed by atoms with Gasteiger partial charge in [-0.05, 0) is 32.9 Å². The lowest BCUT2D eigenvalue weighted by molar-refractivity contribution is 0.226. The lowest BCUT2D eigenvalue weighted by Gasteiger charge is -2.28. The van der Waals surface area contributed by atoms with Gasteiger partial charge in [0.2, 0.25) is 0 Å². The summed E-state index contributed by atoms with van der Waals surface area (Å²) in [4.78, 5) is 7.72. The van der Waals surface area contributed by atoms with E-state index in [9.17, 15) is 0 Å². The second-order valence-corrected chi connectivity index (χ2v) is 6.07. The van der Waals surface area contributed by atoms with Gasteiger partial charge in [0.05, 0.1) is 6.54 Å². The van der Waals surface area contributed by atoms with Crippen molar-refractivity contribution in [2.75, 3.05) is 13.1 Å². The minimum absolute atomic E-state index is 0.733. The maximum Gasteiger partial charge on any atom is 0.107 e. The zero-order valence-electron chi connectivity index (χ0n) is 8.37. The summed E-state index contributed by atoms with van der Waals surface area (Å²) in [5, 5.41) is 3.39. The van der Waals surface area contributed by atoms with Crippen molar-refractivity contribution in [1.29, 1.82) is 0 Å². The Hall–Kier alpha value is 0.0700. The van der Waals surface area contributed by atoms with Crippen LogP contribution in [0.2, 0.25) is 0 Å². The number of hydrogen-bond acceptors (Lipinski definition) is 3. The first-order valence-electron chi connectivity index (χ1n) is 5.01. The fourth-order valence-corrected chi connectivity index (χ4v) is 2.95. The van der Waals surface area contributed by atoms with Crippen LogP contribution in [-0.2, 0) is 6.54 Å². The van der Waals surface area contributed by atoms with Gasteiger partial charge in [0.25, 0.3) is 0 Å². The molecule has 0 unspecified atom stereocenters. The van der Waals surface area contributed by atoms with Gasteiger partial charge in [-0.15, -0.1) is 11.3 Å². The number of aromatic nitrogens is 1. The van der Waals surface area contributed by atoms with Crippen molar-refractivity contribution < 1.29 is 0 Å². The molecule has 1 aromatic rings. The predicted molar refractivity (Wildman–Crippen MR) is 64.1 cm³/mol. The van der Waals surface area contributed by atoms with Crippen LogP contribution in [0.1, 0.15) is 23.5 Å². The summed E-state index contributed by atoms with van der Waals surface area (Å²) in [6.07, 6.45) is 2.54. The van der Waals surface area contributed by atoms with Crippen molar-refractivity contribution in [3.63, 3.8) is 0 Å². The average molecular weight is 275 g/mol. The molecule has 0 N–H and O–H groups in total. The third-order valence-electron chi connectivity index (χ3n) is 2.54. The third kappa shape index (κ3) is 2.78. The summed E-state index contributed by atoms with van der Waals surface area (Å²) in [5.74, 6) is 0. The van der Waals surface area contributed by atoms with E-state index in [4.69, 9.17) is 0 Å². The molecule has 14 heavy (non-hydrogen) atoms. The minimum Gasteiger partial charge on any atom is -0.297 e. The minimum atomic E-state index is 0.733. The number of piperidine rings is 1. The van der Waals surface area contributed by atoms with Gasteiger partial charge < -0.3 is 0 Å². The fourth-order valence-electron chi connectivity index (χ4n) is 1.73. The summed E-state index contributed by atoms with van der Waals surface area (Å²) >= 11 is 5.45. The quantitative estimate of drug-likeness (QED) is 0.772. The topological polar surface area (TPSA) is 16.1 Å². The molecule has 78 valence electrons. The van der Waals surface area contributed by atoms with E-state index in [0.717, 1.165) is 17.1 Å². The van der Waals surface area contributed by atoms with Crippen molar-refractivity contribution in [2.24, 2.45) is 0 Å². The number of thiazole rings is 1. The summed E-state index contributed by atoms with van der Waals surface area (Å²) in [6, 6.07) is 0. The summed E-state index contributed by atoms with van der Waals surface area (Å²) < 4.78 is 0. The van der Waals surface area contributed by atoms with Crippen molar-refractivity contribution >= 4 is 27.3 Å². The zero-order valence-corrected chi connectivity index (χ0v) is 10.8. The van der Waals surface area contributed by atoms with Gasteiger partial charge in [0.1, 0.15) is 5.01 Å². The molecule has 0 atom stereocenters. The molecule has 2 rings (SSSR count). The van der Waals surface area contributed by atoms with Gasteiger partial charge in [0.15, 0.2) is 0 Å². The number of rotatable bonds is 2. The Morgan fingerprint density at radius 2 is 2.29 bits per heavy atom. The highest BCUT2D eigenvalue weighted by Gasteiger charge is 2.17. The van der Waals surface area contributed by atoms with E-state index in [2.05, 4.69) is 38.1 Å². The second kappa shape index (κ2) is 4.73. The zero-order chi connectivity index (χ0) is 9.97. The summed E-state index contributed by atoms with van der Waals surface area (Å²) in [5.41, 5.74) is 1.15. The molecule has 1 fully saturated rings. The normalized spacial score (nSPS) is 20.1. The highest BCUT2D eigenvalue weighted by Crippen LogP contribution is 2.20. The number of halogens is 1. The molecule has 0 amide bonds. The van der Waals surface area contributed by atoms with Crippen LogP contribution in [0.25, 0.3) is 0 Å². The molecule has 4 heteroatoms. The Bertz CT molecular complexity index is 292. The smallest absolute Gasteiger partial charge is 0.107 e. The maximum atomic E-state index is 4.49. The van der Waals surface area contributed by atoms with Crippen LogP contribution in [0.5, 0.6) is 0 Å². The molecule has 1 saturated heterocycles. The van der Waals surface area contributed by atoms with Crippen LogP contribution in [0.3, 0.4) is 0 Å². The average Bonchev–Trinajstić information content (AvgIpc) is 2.56. The van der Waals surface area contributed by atoms with Crippen molar-refractivity contribution in [1.82, 2.24) is 9.88 Å². The Kier molecular flexibility index (Phi) is 3.57. The van der Waals surface area contributed by atoms with E-state index >= 15 is 0 Å². The highest BCUT2D eigenvalue weighted by atomic mass is 79.9. The first-order chi connectivity index (χ1) is 6.74. The van der Waals surface area contributed by atoms with Gasteiger partial charge in [0, 0.05) is 15.9 Å². The van der Waals surface area contributed by atoms with E-state index in [-0.39, 0.29) is 0 Å². The number of aryl methyl sites for hydroxylation is 1. The van der Waals surface area contributed by atoms with Gasteiger partial charge in [-0.1, -0.05) is 15.9 Å². The standard InChI is InChI=1S/C10H15BrN2S/c1-8-7-14-10(12-8)6-13-4-2-9(11)3-5-13/h7,9H,2-6H2,1H3. The Morgan fingerprint density at radius 1 is 1.57 bits per heavy atom. The van der Waals surface area contributed by atoms with Crippen LogP contribution in [0, 0.1) is 6.92 Å². The van der Waals surface area contributed by atoms with Crippen LogP contribution in [0.15, 0.2) is 5.38 Å². The molecule has 1 aromatic heterocycles. The van der Waals surface area contributed by atoms with Crippen LogP contribution < -0.4 is 0 Å². The lowest BCUT2D eigenvalue weighted by atomic mass is 10.1. The van der Waals surface area contributed by atoms with Crippen molar-refractivity contribution in [2.45, 2.75) is 31.1 Å². The molecule has 0 aliphatic carbocycles. The molecular weight excluding hydrogens is 260 g/mol. The molecule has 1 aliphatic heterocycles. The van der Waals surface area contributed by atoms with E-state index in [1.165, 1.54) is 30.9 Å². The second-order valence-electron chi connectivity index (χ2n) is 3.83. The first kappa shape index (κ1) is 10.6. The number of alkyl halides is 1. The molecule has 0 radical (unpaired) electrons. The Morgan fingerprint density at radius 3 is 2.86 bits per heavy atom. The monoisotopic (exact) mass is 274 g/mol. The van der Waals surface area contributed by atoms with Crippen LogP contribution >= 0.6 is 27.3 Å². The predicted octanol–water partition coefficient (Wildman–Crippen LogP) is 2.81. The fraction of sp³-hybridized carbons (Fsp3) is 0.700. The van der Waals surface area contributed by atoms with Gasteiger partial charge in [-0.25, -0.2) is 4.98 Å². The summed E-state index contributed by atoms with van der Waals surface area (Å²) in [7, 11) is 0. The molecule has 0 aromatic carbocycles. The first-order valence-corrected chi connectivity index (χ1v) is 6.81. The molecule has 0 spiro atoms. The number of nitrogens with zero attached hydrogens (tertiary/aromatic N) is 2. The SMILES string of the molecule is Cc1csc(CN2CCC(Br)CC2)n1. The van der Waals surface area contributed by atoms with E-state index in [0.29, 0.717) is 0 Å². The molecule has 2 heterocycles. The van der Waals surface area contributed by atoms with Gasteiger partial charge in [-0.3, -0.25) is 4.90 Å². The van der Waals surface area contributed by atoms with Crippen LogP contribution in [-0.4, -0.2) is 27.8 Å². The molecule has 0 saturated carbocycles. The van der Waals surface area contributed by atoms with Gasteiger partial charge in [-0.2, -0.15) is 0 Å². The number of hydrogen-bond donors (Lipinski definition) is 0. The molecule has 1 aliphatic rings. The van der Waals surface area contributed by atoms with Crippen molar-refractivity contribution in [3.05, 3.63) is 16.1 Å². The van der Waals surface area contributed by atoms with E-state index in [1.54, 1.807) is 11.3 Å². The highest BCUT2D eigenvalue weighted by molar-refractivity contribution is 9.09. The van der Waals surface area contributed by atoms with Gasteiger partial charge >= 0.3 is 0 Å². The summed E-state index contributed by atoms with van der Waals surface area (Å²) in [6.45, 7) is 5.51. The van der Waals surface area contributed by atoms with Crippen LogP contribution in [0.4, 0.5) is 0 Å². The largest absolute Gasteiger partial charge is 0.297 e. The number of likely N-dealkylation sites (tertiary alicyclic amines) is 1. The van der Waals surface area contributed by atoms with E-state index in [1.807, 2.05) is 0 Å². The molecule has 2 nitrogen and oxygen atoms in total. The lowest BCUT2D eigenvalue weighted by Crippen LogP contribution is -2.33. The maximum absolute atomic E-state index is 4.49. The molecular formula is C10H15BrN2S. The van der Waals surface area contributed by atoms with E-state index < -0.39 is 0 Å². The third-order valence-corrected chi connectivity index (χ3v) is 4.41. The Labute approximate surface area is 97.5 Å². The Balaban J connectivity index is 1.86. The van der Waals surface area contributed by atoms with Crippen molar-refractivity contribution in [3.8, 4) is 0 Å². The molecule has 0 bridgehead atoms.